The zero-order valence-corrected chi connectivity index (χ0v) is 17.5. The van der Waals surface area contributed by atoms with Crippen LogP contribution in [0.15, 0.2) is 50.4 Å². The highest BCUT2D eigenvalue weighted by Gasteiger charge is 2.29. The minimum atomic E-state index is -1.09. The SMILES string of the molecule is Bc1ccc(OCC(=O)O)c(C(=O)C2C=NN(c3ccc(Br)cc3Br)C2)c1. The van der Waals surface area contributed by atoms with Gasteiger partial charge >= 0.3 is 5.97 Å². The molecule has 9 heteroatoms. The van der Waals surface area contributed by atoms with Gasteiger partial charge < -0.3 is 9.84 Å². The first-order valence-electron chi connectivity index (χ1n) is 8.11. The van der Waals surface area contributed by atoms with Crippen LogP contribution < -0.4 is 15.2 Å². The number of ether oxygens (including phenoxy) is 1. The van der Waals surface area contributed by atoms with Crippen molar-refractivity contribution in [3.8, 4) is 5.75 Å². The summed E-state index contributed by atoms with van der Waals surface area (Å²) in [5, 5.41) is 14.9. The summed E-state index contributed by atoms with van der Waals surface area (Å²) in [7, 11) is 1.87. The second kappa shape index (κ2) is 8.27. The topological polar surface area (TPSA) is 79.2 Å². The summed E-state index contributed by atoms with van der Waals surface area (Å²) in [5.41, 5.74) is 2.12. The third-order valence-corrected chi connectivity index (χ3v) is 5.16. The number of aliphatic carboxylic acids is 1. The molecule has 0 radical (unpaired) electrons. The van der Waals surface area contributed by atoms with Gasteiger partial charge in [0.2, 0.25) is 0 Å². The summed E-state index contributed by atoms with van der Waals surface area (Å²) >= 11 is 6.92. The Bertz CT molecular complexity index is 936. The molecule has 27 heavy (non-hydrogen) atoms. The van der Waals surface area contributed by atoms with Gasteiger partial charge in [-0.2, -0.15) is 5.10 Å². The van der Waals surface area contributed by atoms with Crippen LogP contribution in [-0.4, -0.2) is 44.1 Å². The maximum Gasteiger partial charge on any atom is 0.341 e. The molecule has 3 rings (SSSR count). The molecule has 0 saturated carbocycles. The number of hydrazone groups is 1. The van der Waals surface area contributed by atoms with Crippen LogP contribution in [0.3, 0.4) is 0 Å². The lowest BCUT2D eigenvalue weighted by Gasteiger charge is -2.18. The molecule has 2 aromatic carbocycles. The van der Waals surface area contributed by atoms with Crippen molar-refractivity contribution in [2.75, 3.05) is 18.2 Å². The Morgan fingerprint density at radius 1 is 1.26 bits per heavy atom. The molecule has 0 saturated heterocycles. The number of ketones is 1. The predicted octanol–water partition coefficient (Wildman–Crippen LogP) is 2.24. The van der Waals surface area contributed by atoms with Crippen molar-refractivity contribution in [3.05, 3.63) is 50.9 Å². The van der Waals surface area contributed by atoms with E-state index in [2.05, 4.69) is 37.0 Å². The molecule has 0 amide bonds. The molecule has 6 nitrogen and oxygen atoms in total. The number of benzene rings is 2. The van der Waals surface area contributed by atoms with E-state index in [9.17, 15) is 9.59 Å². The molecular weight excluding hydrogens is 479 g/mol. The highest BCUT2D eigenvalue weighted by molar-refractivity contribution is 9.11. The molecule has 138 valence electrons. The van der Waals surface area contributed by atoms with E-state index in [1.54, 1.807) is 29.4 Å². The number of carboxylic acids is 1. The van der Waals surface area contributed by atoms with Crippen LogP contribution in [-0.2, 0) is 4.79 Å². The van der Waals surface area contributed by atoms with E-state index < -0.39 is 18.5 Å². The van der Waals surface area contributed by atoms with Crippen LogP contribution in [0.2, 0.25) is 0 Å². The minimum Gasteiger partial charge on any atom is -0.481 e. The third-order valence-electron chi connectivity index (χ3n) is 4.03. The Balaban J connectivity index is 1.80. The average Bonchev–Trinajstić information content (AvgIpc) is 3.09. The van der Waals surface area contributed by atoms with Crippen molar-refractivity contribution in [1.29, 1.82) is 0 Å². The number of carbonyl (C=O) groups is 2. The van der Waals surface area contributed by atoms with E-state index in [0.29, 0.717) is 12.1 Å². The molecule has 1 N–H and O–H groups in total. The molecule has 1 aliphatic heterocycles. The number of nitrogens with zero attached hydrogens (tertiary/aromatic N) is 2. The number of rotatable bonds is 6. The van der Waals surface area contributed by atoms with Gasteiger partial charge in [0.1, 0.15) is 13.6 Å². The van der Waals surface area contributed by atoms with Gasteiger partial charge in [-0.25, -0.2) is 4.79 Å². The molecule has 0 aliphatic carbocycles. The van der Waals surface area contributed by atoms with Gasteiger partial charge in [-0.15, -0.1) is 0 Å². The molecule has 1 heterocycles. The fourth-order valence-corrected chi connectivity index (χ4v) is 4.00. The van der Waals surface area contributed by atoms with E-state index >= 15 is 0 Å². The Hall–Kier alpha value is -2.13. The van der Waals surface area contributed by atoms with Crippen LogP contribution >= 0.6 is 31.9 Å². The van der Waals surface area contributed by atoms with E-state index in [0.717, 1.165) is 20.1 Å². The number of halogens is 2. The summed E-state index contributed by atoms with van der Waals surface area (Å²) in [6.07, 6.45) is 1.61. The number of carbonyl (C=O) groups excluding carboxylic acids is 1. The number of hydrogen-bond donors (Lipinski definition) is 1. The van der Waals surface area contributed by atoms with E-state index in [4.69, 9.17) is 9.84 Å². The van der Waals surface area contributed by atoms with Gasteiger partial charge in [-0.3, -0.25) is 9.80 Å². The summed E-state index contributed by atoms with van der Waals surface area (Å²) in [6.45, 7) is -0.106. The number of carboxylic acid groups (broad SMARTS) is 1. The maximum atomic E-state index is 13.0. The summed E-state index contributed by atoms with van der Waals surface area (Å²) in [5.74, 6) is -1.43. The Morgan fingerprint density at radius 2 is 2.04 bits per heavy atom. The summed E-state index contributed by atoms with van der Waals surface area (Å²) < 4.78 is 7.09. The monoisotopic (exact) mass is 492 g/mol. The van der Waals surface area contributed by atoms with Gasteiger partial charge in [0.15, 0.2) is 12.4 Å². The smallest absolute Gasteiger partial charge is 0.341 e. The first kappa shape index (κ1) is 19.6. The van der Waals surface area contributed by atoms with Crippen molar-refractivity contribution in [2.45, 2.75) is 0 Å². The van der Waals surface area contributed by atoms with Crippen molar-refractivity contribution in [3.63, 3.8) is 0 Å². The molecule has 2 aromatic rings. The predicted molar refractivity (Wildman–Crippen MR) is 113 cm³/mol. The fourth-order valence-electron chi connectivity index (χ4n) is 2.74. The van der Waals surface area contributed by atoms with Crippen molar-refractivity contribution >= 4 is 68.8 Å². The molecule has 1 aliphatic rings. The molecule has 1 unspecified atom stereocenters. The standard InChI is InChI=1S/C18H15BBr2N2O4/c19-11-1-4-16(27-9-17(24)25)13(5-11)18(26)10-7-22-23(8-10)15-3-2-12(20)6-14(15)21/h1-7,10H,8-9,19H2,(H,24,25). The Labute approximate surface area is 173 Å². The van der Waals surface area contributed by atoms with Crippen LogP contribution in [0.1, 0.15) is 10.4 Å². The average molecular weight is 494 g/mol. The summed E-state index contributed by atoms with van der Waals surface area (Å²) in [4.78, 5) is 23.8. The number of hydrogen-bond acceptors (Lipinski definition) is 5. The molecule has 0 aromatic heterocycles. The molecule has 0 spiro atoms. The maximum absolute atomic E-state index is 13.0. The zero-order chi connectivity index (χ0) is 19.6. The first-order chi connectivity index (χ1) is 12.8. The lowest BCUT2D eigenvalue weighted by Crippen LogP contribution is -2.25. The second-order valence-corrected chi connectivity index (χ2v) is 7.87. The van der Waals surface area contributed by atoms with Crippen molar-refractivity contribution in [1.82, 2.24) is 0 Å². The van der Waals surface area contributed by atoms with E-state index in [1.165, 1.54) is 0 Å². The molecule has 0 bridgehead atoms. The quantitative estimate of drug-likeness (QED) is 0.493. The van der Waals surface area contributed by atoms with Crippen LogP contribution in [0.4, 0.5) is 5.69 Å². The van der Waals surface area contributed by atoms with Gasteiger partial charge in [0.05, 0.1) is 23.7 Å². The highest BCUT2D eigenvalue weighted by atomic mass is 79.9. The largest absolute Gasteiger partial charge is 0.481 e. The molecule has 0 fully saturated rings. The second-order valence-electron chi connectivity index (χ2n) is 6.10. The minimum absolute atomic E-state index is 0.154. The third kappa shape index (κ3) is 4.59. The first-order valence-corrected chi connectivity index (χ1v) is 9.70. The lowest BCUT2D eigenvalue weighted by molar-refractivity contribution is -0.139. The Morgan fingerprint density at radius 3 is 2.74 bits per heavy atom. The zero-order valence-electron chi connectivity index (χ0n) is 14.4. The van der Waals surface area contributed by atoms with Gasteiger partial charge in [-0.05, 0) is 40.2 Å². The Kier molecular flexibility index (Phi) is 6.01. The lowest BCUT2D eigenvalue weighted by atomic mass is 9.90. The van der Waals surface area contributed by atoms with Crippen LogP contribution in [0.25, 0.3) is 0 Å². The van der Waals surface area contributed by atoms with Crippen LogP contribution in [0, 0.1) is 5.92 Å². The van der Waals surface area contributed by atoms with Crippen LogP contribution in [0.5, 0.6) is 5.75 Å². The van der Waals surface area contributed by atoms with Crippen molar-refractivity contribution < 1.29 is 19.4 Å². The van der Waals surface area contributed by atoms with Gasteiger partial charge in [-0.1, -0.05) is 33.5 Å². The van der Waals surface area contributed by atoms with E-state index in [-0.39, 0.29) is 11.5 Å². The highest BCUT2D eigenvalue weighted by Crippen LogP contribution is 2.32. The van der Waals surface area contributed by atoms with Gasteiger partial charge in [0.25, 0.3) is 0 Å². The number of Topliss-reactive ketones (excluding diaryl/α,β-unsaturated/α-hetero) is 1. The van der Waals surface area contributed by atoms with Gasteiger partial charge in [0, 0.05) is 15.2 Å². The molecular formula is C18H15BBr2N2O4. The number of anilines is 1. The van der Waals surface area contributed by atoms with E-state index in [1.807, 2.05) is 26.0 Å². The van der Waals surface area contributed by atoms with Crippen molar-refractivity contribution in [2.24, 2.45) is 11.0 Å². The summed E-state index contributed by atoms with van der Waals surface area (Å²) in [6, 6.07) is 10.8. The molecule has 1 atom stereocenters. The fraction of sp³-hybridized carbons (Fsp3) is 0.167. The normalized spacial score (nSPS) is 15.8.